The van der Waals surface area contributed by atoms with E-state index in [2.05, 4.69) is 36.5 Å². The predicted molar refractivity (Wildman–Crippen MR) is 90.0 cm³/mol. The molecule has 1 amide bonds. The van der Waals surface area contributed by atoms with Crippen molar-refractivity contribution in [2.24, 2.45) is 0 Å². The highest BCUT2D eigenvalue weighted by Crippen LogP contribution is 2.24. The largest absolute Gasteiger partial charge is 0.341 e. The fraction of sp³-hybridized carbons (Fsp3) is 0.588. The van der Waals surface area contributed by atoms with Crippen LogP contribution in [0.2, 0.25) is 0 Å². The summed E-state index contributed by atoms with van der Waals surface area (Å²) in [5.74, 6) is 0.652. The molecule has 0 aliphatic carbocycles. The molecule has 2 unspecified atom stereocenters. The highest BCUT2D eigenvalue weighted by Gasteiger charge is 2.24. The van der Waals surface area contributed by atoms with Crippen molar-refractivity contribution in [3.63, 3.8) is 0 Å². The molecule has 1 aliphatic rings. The summed E-state index contributed by atoms with van der Waals surface area (Å²) in [5.41, 5.74) is 1.28. The van der Waals surface area contributed by atoms with Gasteiger partial charge >= 0.3 is 0 Å². The van der Waals surface area contributed by atoms with Crippen LogP contribution in [0.3, 0.4) is 0 Å². The molecule has 118 valence electrons. The zero-order valence-electron chi connectivity index (χ0n) is 13.0. The lowest BCUT2D eigenvalue weighted by molar-refractivity contribution is -0.133. The Kier molecular flexibility index (Phi) is 7.76. The van der Waals surface area contributed by atoms with Crippen LogP contribution in [0.15, 0.2) is 30.3 Å². The molecule has 1 heterocycles. The van der Waals surface area contributed by atoms with Crippen molar-refractivity contribution in [2.75, 3.05) is 20.1 Å². The van der Waals surface area contributed by atoms with Gasteiger partial charge in [0.05, 0.1) is 0 Å². The molecule has 1 fully saturated rings. The SMILES string of the molecule is CCC(CC(=O)N1CCCC(NC)C1)c1ccccc1.Cl. The van der Waals surface area contributed by atoms with E-state index in [9.17, 15) is 4.79 Å². The molecule has 1 N–H and O–H groups in total. The van der Waals surface area contributed by atoms with E-state index in [1.807, 2.05) is 18.0 Å². The Bertz CT molecular complexity index is 424. The lowest BCUT2D eigenvalue weighted by atomic mass is 9.92. The van der Waals surface area contributed by atoms with Gasteiger partial charge in [-0.15, -0.1) is 12.4 Å². The van der Waals surface area contributed by atoms with E-state index < -0.39 is 0 Å². The van der Waals surface area contributed by atoms with E-state index in [1.165, 1.54) is 12.0 Å². The summed E-state index contributed by atoms with van der Waals surface area (Å²) in [6.45, 7) is 3.94. The maximum Gasteiger partial charge on any atom is 0.223 e. The number of nitrogens with zero attached hydrogens (tertiary/aromatic N) is 1. The minimum Gasteiger partial charge on any atom is -0.341 e. The molecule has 1 saturated heterocycles. The van der Waals surface area contributed by atoms with Crippen LogP contribution < -0.4 is 5.32 Å². The lowest BCUT2D eigenvalue weighted by Crippen LogP contribution is -2.47. The fourth-order valence-electron chi connectivity index (χ4n) is 3.00. The van der Waals surface area contributed by atoms with Crippen molar-refractivity contribution >= 4 is 18.3 Å². The van der Waals surface area contributed by atoms with Gasteiger partial charge < -0.3 is 10.2 Å². The van der Waals surface area contributed by atoms with Gasteiger partial charge in [-0.2, -0.15) is 0 Å². The fourth-order valence-corrected chi connectivity index (χ4v) is 3.00. The van der Waals surface area contributed by atoms with Crippen LogP contribution >= 0.6 is 12.4 Å². The number of likely N-dealkylation sites (N-methyl/N-ethyl adjacent to an activating group) is 1. The van der Waals surface area contributed by atoms with Gasteiger partial charge in [0.2, 0.25) is 5.91 Å². The minimum absolute atomic E-state index is 0. The number of amides is 1. The van der Waals surface area contributed by atoms with Crippen LogP contribution in [0.4, 0.5) is 0 Å². The number of rotatable bonds is 5. The second kappa shape index (κ2) is 9.06. The average molecular weight is 311 g/mol. The third-order valence-corrected chi connectivity index (χ3v) is 4.37. The molecular formula is C17H27ClN2O. The van der Waals surface area contributed by atoms with E-state index in [-0.39, 0.29) is 12.4 Å². The third-order valence-electron chi connectivity index (χ3n) is 4.37. The number of piperidine rings is 1. The first-order chi connectivity index (χ1) is 9.74. The number of likely N-dealkylation sites (tertiary alicyclic amines) is 1. The van der Waals surface area contributed by atoms with Crippen LogP contribution in [0.25, 0.3) is 0 Å². The van der Waals surface area contributed by atoms with Gasteiger partial charge in [0.1, 0.15) is 0 Å². The number of halogens is 1. The van der Waals surface area contributed by atoms with Crippen molar-refractivity contribution in [1.82, 2.24) is 10.2 Å². The Hall–Kier alpha value is -1.06. The number of hydrogen-bond donors (Lipinski definition) is 1. The Labute approximate surface area is 134 Å². The van der Waals surface area contributed by atoms with E-state index in [0.29, 0.717) is 24.3 Å². The molecule has 2 rings (SSSR count). The van der Waals surface area contributed by atoms with Crippen LogP contribution in [0.1, 0.15) is 44.1 Å². The summed E-state index contributed by atoms with van der Waals surface area (Å²) < 4.78 is 0. The molecule has 4 heteroatoms. The topological polar surface area (TPSA) is 32.3 Å². The Morgan fingerprint density at radius 1 is 1.38 bits per heavy atom. The number of hydrogen-bond acceptors (Lipinski definition) is 2. The first kappa shape index (κ1) is 18.0. The Morgan fingerprint density at radius 2 is 2.10 bits per heavy atom. The maximum absolute atomic E-state index is 12.5. The molecule has 1 aliphatic heterocycles. The average Bonchev–Trinajstić information content (AvgIpc) is 2.53. The van der Waals surface area contributed by atoms with Crippen molar-refractivity contribution in [3.05, 3.63) is 35.9 Å². The van der Waals surface area contributed by atoms with Gasteiger partial charge in [-0.05, 0) is 37.8 Å². The molecule has 0 spiro atoms. The molecule has 0 aromatic heterocycles. The molecule has 2 atom stereocenters. The van der Waals surface area contributed by atoms with Gasteiger partial charge in [-0.25, -0.2) is 0 Å². The molecule has 0 bridgehead atoms. The van der Waals surface area contributed by atoms with Gasteiger partial charge in [0.25, 0.3) is 0 Å². The molecule has 0 radical (unpaired) electrons. The lowest BCUT2D eigenvalue weighted by Gasteiger charge is -2.33. The number of carbonyl (C=O) groups excluding carboxylic acids is 1. The van der Waals surface area contributed by atoms with Crippen LogP contribution in [0.5, 0.6) is 0 Å². The predicted octanol–water partition coefficient (Wildman–Crippen LogP) is 3.20. The quantitative estimate of drug-likeness (QED) is 0.906. The zero-order valence-corrected chi connectivity index (χ0v) is 13.9. The van der Waals surface area contributed by atoms with E-state index in [4.69, 9.17) is 0 Å². The monoisotopic (exact) mass is 310 g/mol. The van der Waals surface area contributed by atoms with Gasteiger partial charge in [0, 0.05) is 25.6 Å². The second-order valence-electron chi connectivity index (χ2n) is 5.69. The van der Waals surface area contributed by atoms with Crippen LogP contribution in [-0.4, -0.2) is 37.0 Å². The van der Waals surface area contributed by atoms with E-state index in [1.54, 1.807) is 0 Å². The molecular weight excluding hydrogens is 284 g/mol. The first-order valence-electron chi connectivity index (χ1n) is 7.74. The van der Waals surface area contributed by atoms with Gasteiger partial charge in [-0.3, -0.25) is 4.79 Å². The molecule has 3 nitrogen and oxygen atoms in total. The molecule has 1 aromatic carbocycles. The number of benzene rings is 1. The van der Waals surface area contributed by atoms with Crippen molar-refractivity contribution < 1.29 is 4.79 Å². The first-order valence-corrected chi connectivity index (χ1v) is 7.74. The maximum atomic E-state index is 12.5. The van der Waals surface area contributed by atoms with Crippen LogP contribution in [-0.2, 0) is 4.79 Å². The summed E-state index contributed by atoms with van der Waals surface area (Å²) in [4.78, 5) is 14.5. The van der Waals surface area contributed by atoms with Crippen LogP contribution in [0, 0.1) is 0 Å². The number of nitrogens with one attached hydrogen (secondary N) is 1. The Balaban J connectivity index is 0.00000220. The Morgan fingerprint density at radius 3 is 2.71 bits per heavy atom. The smallest absolute Gasteiger partial charge is 0.223 e. The number of carbonyl (C=O) groups is 1. The summed E-state index contributed by atoms with van der Waals surface area (Å²) >= 11 is 0. The standard InChI is InChI=1S/C17H26N2O.ClH/c1-3-14(15-8-5-4-6-9-15)12-17(20)19-11-7-10-16(13-19)18-2;/h4-6,8-9,14,16,18H,3,7,10-13H2,1-2H3;1H. The van der Waals surface area contributed by atoms with Gasteiger partial charge in [-0.1, -0.05) is 37.3 Å². The molecule has 0 saturated carbocycles. The normalized spacial score (nSPS) is 19.7. The van der Waals surface area contributed by atoms with Crippen molar-refractivity contribution in [2.45, 2.75) is 44.6 Å². The highest BCUT2D eigenvalue weighted by molar-refractivity contribution is 5.85. The molecule has 21 heavy (non-hydrogen) atoms. The summed E-state index contributed by atoms with van der Waals surface area (Å²) in [6.07, 6.45) is 3.94. The van der Waals surface area contributed by atoms with Crippen molar-refractivity contribution in [1.29, 1.82) is 0 Å². The summed E-state index contributed by atoms with van der Waals surface area (Å²) in [7, 11) is 1.98. The second-order valence-corrected chi connectivity index (χ2v) is 5.69. The highest BCUT2D eigenvalue weighted by atomic mass is 35.5. The zero-order chi connectivity index (χ0) is 14.4. The summed E-state index contributed by atoms with van der Waals surface area (Å²) in [5, 5.41) is 3.29. The summed E-state index contributed by atoms with van der Waals surface area (Å²) in [6, 6.07) is 10.9. The van der Waals surface area contributed by atoms with Gasteiger partial charge in [0.15, 0.2) is 0 Å². The minimum atomic E-state index is 0. The molecule has 1 aromatic rings. The van der Waals surface area contributed by atoms with E-state index in [0.717, 1.165) is 25.9 Å². The van der Waals surface area contributed by atoms with Crippen molar-refractivity contribution in [3.8, 4) is 0 Å². The van der Waals surface area contributed by atoms with E-state index >= 15 is 0 Å². The third kappa shape index (κ3) is 5.01.